The average molecular weight is 418 g/mol. The third-order valence-electron chi connectivity index (χ3n) is 5.09. The number of pyridine rings is 1. The molecule has 160 valence electrons. The molecular weight excluding hydrogens is 392 g/mol. The first-order valence-electron chi connectivity index (χ1n) is 10.3. The second kappa shape index (κ2) is 9.04. The molecule has 1 N–H and O–H groups in total. The normalized spacial score (nSPS) is 11.0. The van der Waals surface area contributed by atoms with Gasteiger partial charge in [0.2, 0.25) is 11.7 Å². The number of nitrogens with zero attached hydrogens (tertiary/aromatic N) is 3. The number of benzene rings is 2. The van der Waals surface area contributed by atoms with Gasteiger partial charge >= 0.3 is 0 Å². The molecule has 0 aliphatic heterocycles. The van der Waals surface area contributed by atoms with Crippen molar-refractivity contribution in [1.29, 1.82) is 0 Å². The summed E-state index contributed by atoms with van der Waals surface area (Å²) in [6.45, 7) is 4.66. The molecule has 0 fully saturated rings. The van der Waals surface area contributed by atoms with E-state index < -0.39 is 0 Å². The zero-order valence-electron chi connectivity index (χ0n) is 18.2. The summed E-state index contributed by atoms with van der Waals surface area (Å²) in [6, 6.07) is 14.0. The largest absolute Gasteiger partial charge is 0.497 e. The maximum atomic E-state index is 5.53. The van der Waals surface area contributed by atoms with Crippen molar-refractivity contribution >= 4 is 16.7 Å². The predicted octanol–water partition coefficient (Wildman–Crippen LogP) is 5.18. The van der Waals surface area contributed by atoms with Gasteiger partial charge in [0.05, 0.1) is 25.3 Å². The minimum absolute atomic E-state index is 0.518. The summed E-state index contributed by atoms with van der Waals surface area (Å²) in [4.78, 5) is 9.44. The predicted molar refractivity (Wildman–Crippen MR) is 121 cm³/mol. The molecule has 4 rings (SSSR count). The number of ether oxygens (including phenoxy) is 2. The molecule has 0 radical (unpaired) electrons. The van der Waals surface area contributed by atoms with Gasteiger partial charge in [-0.25, -0.2) is 4.98 Å². The van der Waals surface area contributed by atoms with Gasteiger partial charge in [-0.05, 0) is 43.2 Å². The van der Waals surface area contributed by atoms with E-state index in [0.29, 0.717) is 24.1 Å². The highest BCUT2D eigenvalue weighted by Crippen LogP contribution is 2.31. The molecule has 4 aromatic rings. The van der Waals surface area contributed by atoms with Gasteiger partial charge in [-0.15, -0.1) is 0 Å². The molecule has 2 heterocycles. The Morgan fingerprint density at radius 1 is 1.00 bits per heavy atom. The number of nitrogens with one attached hydrogen (secondary N) is 1. The van der Waals surface area contributed by atoms with Crippen LogP contribution >= 0.6 is 0 Å². The lowest BCUT2D eigenvalue weighted by molar-refractivity contribution is 0.378. The summed E-state index contributed by atoms with van der Waals surface area (Å²) in [5, 5.41) is 8.66. The molecule has 0 bridgehead atoms. The number of aromatic nitrogens is 3. The van der Waals surface area contributed by atoms with Crippen molar-refractivity contribution in [1.82, 2.24) is 15.1 Å². The Balaban J connectivity index is 1.72. The lowest BCUT2D eigenvalue weighted by Crippen LogP contribution is -2.05. The number of hydrogen-bond donors (Lipinski definition) is 1. The number of rotatable bonds is 8. The van der Waals surface area contributed by atoms with Crippen LogP contribution in [0.25, 0.3) is 22.3 Å². The van der Waals surface area contributed by atoms with Gasteiger partial charge in [-0.1, -0.05) is 24.2 Å². The zero-order chi connectivity index (χ0) is 21.8. The third kappa shape index (κ3) is 4.45. The minimum atomic E-state index is 0.518. The van der Waals surface area contributed by atoms with E-state index in [1.807, 2.05) is 18.2 Å². The summed E-state index contributed by atoms with van der Waals surface area (Å²) >= 11 is 0. The highest BCUT2D eigenvalue weighted by atomic mass is 16.5. The number of hydrogen-bond acceptors (Lipinski definition) is 7. The molecule has 0 aliphatic rings. The van der Waals surface area contributed by atoms with Crippen LogP contribution in [0.4, 0.5) is 5.82 Å². The lowest BCUT2D eigenvalue weighted by Gasteiger charge is -2.14. The van der Waals surface area contributed by atoms with E-state index in [1.165, 1.54) is 0 Å². The van der Waals surface area contributed by atoms with Crippen LogP contribution in [-0.4, -0.2) is 29.3 Å². The molecule has 7 nitrogen and oxygen atoms in total. The standard InChI is InChI=1S/C24H26N4O3/c1-5-6-22-27-24(28-31-22)19-12-16-8-7-15(2)11-20(16)26-23(19)25-14-17-9-10-18(29-3)13-21(17)30-4/h7-13H,5-6,14H2,1-4H3,(H,25,26). The Labute approximate surface area is 181 Å². The highest BCUT2D eigenvalue weighted by molar-refractivity contribution is 5.88. The lowest BCUT2D eigenvalue weighted by atomic mass is 10.1. The van der Waals surface area contributed by atoms with Gasteiger partial charge in [0.25, 0.3) is 0 Å². The van der Waals surface area contributed by atoms with Crippen molar-refractivity contribution in [2.75, 3.05) is 19.5 Å². The SMILES string of the molecule is CCCc1nc(-c2cc3ccc(C)cc3nc2NCc2ccc(OC)cc2OC)no1. The highest BCUT2D eigenvalue weighted by Gasteiger charge is 2.16. The van der Waals surface area contributed by atoms with Crippen LogP contribution in [0.1, 0.15) is 30.4 Å². The Bertz CT molecular complexity index is 1200. The topological polar surface area (TPSA) is 82.3 Å². The summed E-state index contributed by atoms with van der Waals surface area (Å²) in [6.07, 6.45) is 1.69. The van der Waals surface area contributed by atoms with Crippen molar-refractivity contribution in [2.24, 2.45) is 0 Å². The maximum Gasteiger partial charge on any atom is 0.226 e. The van der Waals surface area contributed by atoms with Crippen LogP contribution in [0.15, 0.2) is 47.0 Å². The molecule has 2 aromatic heterocycles. The number of anilines is 1. The van der Waals surface area contributed by atoms with Gasteiger partial charge in [-0.3, -0.25) is 0 Å². The van der Waals surface area contributed by atoms with Gasteiger partial charge in [0.15, 0.2) is 0 Å². The monoisotopic (exact) mass is 418 g/mol. The Hall–Kier alpha value is -3.61. The average Bonchev–Trinajstić information content (AvgIpc) is 3.25. The van der Waals surface area contributed by atoms with Crippen molar-refractivity contribution in [3.8, 4) is 22.9 Å². The van der Waals surface area contributed by atoms with Gasteiger partial charge in [0, 0.05) is 30.0 Å². The Morgan fingerprint density at radius 2 is 1.87 bits per heavy atom. The van der Waals surface area contributed by atoms with Crippen LogP contribution in [-0.2, 0) is 13.0 Å². The Morgan fingerprint density at radius 3 is 2.65 bits per heavy atom. The van der Waals surface area contributed by atoms with E-state index in [4.69, 9.17) is 19.0 Å². The van der Waals surface area contributed by atoms with Crippen LogP contribution in [0, 0.1) is 6.92 Å². The quantitative estimate of drug-likeness (QED) is 0.422. The molecule has 0 saturated carbocycles. The molecule has 2 aromatic carbocycles. The first-order chi connectivity index (χ1) is 15.1. The van der Waals surface area contributed by atoms with E-state index in [-0.39, 0.29) is 0 Å². The van der Waals surface area contributed by atoms with Crippen molar-refractivity contribution in [3.63, 3.8) is 0 Å². The van der Waals surface area contributed by atoms with E-state index in [1.54, 1.807) is 14.2 Å². The molecular formula is C24H26N4O3. The van der Waals surface area contributed by atoms with Crippen molar-refractivity contribution < 1.29 is 14.0 Å². The van der Waals surface area contributed by atoms with E-state index in [9.17, 15) is 0 Å². The summed E-state index contributed by atoms with van der Waals surface area (Å²) in [5.74, 6) is 3.34. The second-order valence-electron chi connectivity index (χ2n) is 7.37. The third-order valence-corrected chi connectivity index (χ3v) is 5.09. The zero-order valence-corrected chi connectivity index (χ0v) is 18.2. The summed E-state index contributed by atoms with van der Waals surface area (Å²) in [5.41, 5.74) is 3.85. The molecule has 7 heteroatoms. The van der Waals surface area contributed by atoms with Crippen LogP contribution in [0.2, 0.25) is 0 Å². The summed E-state index contributed by atoms with van der Waals surface area (Å²) in [7, 11) is 3.28. The fourth-order valence-electron chi connectivity index (χ4n) is 3.44. The fourth-order valence-corrected chi connectivity index (χ4v) is 3.44. The van der Waals surface area contributed by atoms with Crippen LogP contribution < -0.4 is 14.8 Å². The maximum absolute atomic E-state index is 5.53. The van der Waals surface area contributed by atoms with Crippen molar-refractivity contribution in [2.45, 2.75) is 33.2 Å². The van der Waals surface area contributed by atoms with Crippen molar-refractivity contribution in [3.05, 3.63) is 59.5 Å². The van der Waals surface area contributed by atoms with Crippen LogP contribution in [0.5, 0.6) is 11.5 Å². The molecule has 0 atom stereocenters. The van der Waals surface area contributed by atoms with E-state index in [2.05, 4.69) is 53.6 Å². The molecule has 0 unspecified atom stereocenters. The first-order valence-corrected chi connectivity index (χ1v) is 10.3. The van der Waals surface area contributed by atoms with Gasteiger partial charge < -0.3 is 19.3 Å². The first kappa shape index (κ1) is 20.7. The number of methoxy groups -OCH3 is 2. The van der Waals surface area contributed by atoms with Crippen LogP contribution in [0.3, 0.4) is 0 Å². The second-order valence-corrected chi connectivity index (χ2v) is 7.37. The number of aryl methyl sites for hydroxylation is 2. The molecule has 0 aliphatic carbocycles. The fraction of sp³-hybridized carbons (Fsp3) is 0.292. The molecule has 31 heavy (non-hydrogen) atoms. The molecule has 0 amide bonds. The van der Waals surface area contributed by atoms with Gasteiger partial charge in [0.1, 0.15) is 17.3 Å². The van der Waals surface area contributed by atoms with E-state index >= 15 is 0 Å². The smallest absolute Gasteiger partial charge is 0.226 e. The van der Waals surface area contributed by atoms with E-state index in [0.717, 1.165) is 51.9 Å². The minimum Gasteiger partial charge on any atom is -0.497 e. The number of fused-ring (bicyclic) bond motifs is 1. The summed E-state index contributed by atoms with van der Waals surface area (Å²) < 4.78 is 16.2. The van der Waals surface area contributed by atoms with Gasteiger partial charge in [-0.2, -0.15) is 4.98 Å². The molecule has 0 saturated heterocycles. The Kier molecular flexibility index (Phi) is 6.02. The molecule has 0 spiro atoms.